The van der Waals surface area contributed by atoms with Crippen LogP contribution >= 0.6 is 23.8 Å². The predicted molar refractivity (Wildman–Crippen MR) is 99.0 cm³/mol. The van der Waals surface area contributed by atoms with Crippen LogP contribution < -0.4 is 10.6 Å². The lowest BCUT2D eigenvalue weighted by Crippen LogP contribution is -2.18. The number of halogens is 2. The molecule has 4 nitrogen and oxygen atoms in total. The first-order chi connectivity index (χ1) is 11.6. The van der Waals surface area contributed by atoms with E-state index in [4.69, 9.17) is 23.8 Å². The molecule has 0 unspecified atom stereocenters. The van der Waals surface area contributed by atoms with Crippen LogP contribution in [-0.2, 0) is 6.54 Å². The van der Waals surface area contributed by atoms with Crippen molar-refractivity contribution >= 4 is 40.3 Å². The highest BCUT2D eigenvalue weighted by Crippen LogP contribution is 2.16. The minimum absolute atomic E-state index is 0.249. The van der Waals surface area contributed by atoms with Gasteiger partial charge in [-0.05, 0) is 36.5 Å². The second-order valence-electron chi connectivity index (χ2n) is 5.11. The predicted octanol–water partition coefficient (Wildman–Crippen LogP) is 4.53. The van der Waals surface area contributed by atoms with Crippen molar-refractivity contribution in [3.05, 3.63) is 77.3 Å². The zero-order chi connectivity index (χ0) is 16.9. The Bertz CT molecular complexity index is 865. The summed E-state index contributed by atoms with van der Waals surface area (Å²) in [6.07, 6.45) is 3.39. The molecule has 0 aliphatic carbocycles. The van der Waals surface area contributed by atoms with Gasteiger partial charge in [-0.25, -0.2) is 4.39 Å². The molecule has 3 aromatic rings. The first kappa shape index (κ1) is 16.4. The number of rotatable bonds is 4. The molecule has 2 aromatic carbocycles. The van der Waals surface area contributed by atoms with Crippen molar-refractivity contribution in [2.75, 3.05) is 10.6 Å². The van der Waals surface area contributed by atoms with Crippen LogP contribution in [0.3, 0.4) is 0 Å². The molecule has 1 aromatic heterocycles. The molecule has 24 heavy (non-hydrogen) atoms. The van der Waals surface area contributed by atoms with Crippen LogP contribution in [0.5, 0.6) is 0 Å². The van der Waals surface area contributed by atoms with Crippen LogP contribution in [0.15, 0.2) is 60.9 Å². The molecule has 0 radical (unpaired) electrons. The monoisotopic (exact) mass is 360 g/mol. The normalized spacial score (nSPS) is 10.4. The van der Waals surface area contributed by atoms with Crippen LogP contribution in [0, 0.1) is 5.82 Å². The van der Waals surface area contributed by atoms with Gasteiger partial charge in [-0.15, -0.1) is 0 Å². The highest BCUT2D eigenvalue weighted by Gasteiger charge is 2.05. The number of hydrogen-bond donors (Lipinski definition) is 2. The third kappa shape index (κ3) is 4.31. The molecular weight excluding hydrogens is 347 g/mol. The Balaban J connectivity index is 1.61. The topological polar surface area (TPSA) is 41.9 Å². The lowest BCUT2D eigenvalue weighted by molar-refractivity contribution is 0.585. The summed E-state index contributed by atoms with van der Waals surface area (Å²) in [5.41, 5.74) is 2.08. The molecule has 0 amide bonds. The second kappa shape index (κ2) is 7.42. The average molecular weight is 361 g/mol. The highest BCUT2D eigenvalue weighted by molar-refractivity contribution is 7.80. The van der Waals surface area contributed by atoms with Gasteiger partial charge in [0.1, 0.15) is 5.82 Å². The van der Waals surface area contributed by atoms with Crippen LogP contribution in [0.1, 0.15) is 5.56 Å². The maximum Gasteiger partial charge on any atom is 0.175 e. The van der Waals surface area contributed by atoms with E-state index >= 15 is 0 Å². The molecule has 0 fully saturated rings. The van der Waals surface area contributed by atoms with Crippen molar-refractivity contribution in [1.82, 2.24) is 9.78 Å². The molecule has 3 rings (SSSR count). The number of nitrogens with zero attached hydrogens (tertiary/aromatic N) is 2. The van der Waals surface area contributed by atoms with Gasteiger partial charge in [-0.1, -0.05) is 35.9 Å². The fraction of sp³-hybridized carbons (Fsp3) is 0.0588. The summed E-state index contributed by atoms with van der Waals surface area (Å²) in [4.78, 5) is 0. The van der Waals surface area contributed by atoms with E-state index in [1.807, 2.05) is 12.1 Å². The van der Waals surface area contributed by atoms with Gasteiger partial charge in [-0.2, -0.15) is 5.10 Å². The van der Waals surface area contributed by atoms with Crippen molar-refractivity contribution in [2.24, 2.45) is 0 Å². The molecule has 0 saturated heterocycles. The summed E-state index contributed by atoms with van der Waals surface area (Å²) in [6.45, 7) is 0.350. The summed E-state index contributed by atoms with van der Waals surface area (Å²) in [6, 6.07) is 13.9. The van der Waals surface area contributed by atoms with Gasteiger partial charge >= 0.3 is 0 Å². The third-order valence-corrected chi connectivity index (χ3v) is 3.70. The average Bonchev–Trinajstić information content (AvgIpc) is 2.96. The van der Waals surface area contributed by atoms with Gasteiger partial charge in [0, 0.05) is 22.5 Å². The quantitative estimate of drug-likeness (QED) is 0.671. The number of thiocarbonyl (C=S) groups is 1. The maximum absolute atomic E-state index is 13.7. The minimum atomic E-state index is -0.249. The van der Waals surface area contributed by atoms with Gasteiger partial charge in [0.25, 0.3) is 0 Å². The van der Waals surface area contributed by atoms with E-state index in [9.17, 15) is 4.39 Å². The van der Waals surface area contributed by atoms with Crippen LogP contribution in [-0.4, -0.2) is 14.9 Å². The van der Waals surface area contributed by atoms with Crippen molar-refractivity contribution in [1.29, 1.82) is 0 Å². The van der Waals surface area contributed by atoms with Crippen molar-refractivity contribution in [2.45, 2.75) is 6.54 Å². The van der Waals surface area contributed by atoms with Gasteiger partial charge in [0.05, 0.1) is 18.4 Å². The summed E-state index contributed by atoms with van der Waals surface area (Å²) < 4.78 is 15.3. The molecule has 0 aliphatic heterocycles. The van der Waals surface area contributed by atoms with E-state index in [-0.39, 0.29) is 5.82 Å². The highest BCUT2D eigenvalue weighted by atomic mass is 35.5. The first-order valence-electron chi connectivity index (χ1n) is 7.19. The molecule has 0 bridgehead atoms. The zero-order valence-corrected chi connectivity index (χ0v) is 14.1. The summed E-state index contributed by atoms with van der Waals surface area (Å²) >= 11 is 11.2. The van der Waals surface area contributed by atoms with E-state index in [0.717, 1.165) is 5.69 Å². The Morgan fingerprint density at radius 2 is 1.92 bits per heavy atom. The fourth-order valence-corrected chi connectivity index (χ4v) is 2.60. The number of benzene rings is 2. The third-order valence-electron chi connectivity index (χ3n) is 3.26. The van der Waals surface area contributed by atoms with Crippen LogP contribution in [0.4, 0.5) is 15.8 Å². The van der Waals surface area contributed by atoms with E-state index in [1.54, 1.807) is 47.4 Å². The molecule has 0 atom stereocenters. The van der Waals surface area contributed by atoms with E-state index in [0.29, 0.717) is 27.9 Å². The van der Waals surface area contributed by atoms with Crippen molar-refractivity contribution in [3.63, 3.8) is 0 Å². The Hall–Kier alpha value is -2.44. The lowest BCUT2D eigenvalue weighted by atomic mass is 10.2. The number of nitrogens with one attached hydrogen (secondary N) is 2. The molecule has 1 heterocycles. The summed E-state index contributed by atoms with van der Waals surface area (Å²) in [7, 11) is 0. The maximum atomic E-state index is 13.7. The van der Waals surface area contributed by atoms with Gasteiger partial charge in [0.2, 0.25) is 0 Å². The summed E-state index contributed by atoms with van der Waals surface area (Å²) in [5.74, 6) is -0.249. The molecule has 0 aliphatic rings. The molecule has 0 saturated carbocycles. The van der Waals surface area contributed by atoms with Crippen molar-refractivity contribution in [3.8, 4) is 0 Å². The van der Waals surface area contributed by atoms with E-state index in [1.165, 1.54) is 6.07 Å². The standard InChI is InChI=1S/C17H14ClFN4S/c18-13-5-3-6-14(8-13)21-17(24)22-15-9-20-23(11-15)10-12-4-1-2-7-16(12)19/h1-9,11H,10H2,(H2,21,22,24). The lowest BCUT2D eigenvalue weighted by Gasteiger charge is -2.09. The SMILES string of the molecule is Fc1ccccc1Cn1cc(NC(=S)Nc2cccc(Cl)c2)cn1. The number of anilines is 2. The number of hydrogen-bond acceptors (Lipinski definition) is 2. The first-order valence-corrected chi connectivity index (χ1v) is 7.98. The van der Waals surface area contributed by atoms with Crippen molar-refractivity contribution < 1.29 is 4.39 Å². The molecule has 2 N–H and O–H groups in total. The Labute approximate surface area is 149 Å². The van der Waals surface area contributed by atoms with Crippen LogP contribution in [0.2, 0.25) is 5.02 Å². The molecule has 7 heteroatoms. The largest absolute Gasteiger partial charge is 0.332 e. The van der Waals surface area contributed by atoms with Gasteiger partial charge in [-0.3, -0.25) is 4.68 Å². The van der Waals surface area contributed by atoms with Gasteiger partial charge in [0.15, 0.2) is 5.11 Å². The summed E-state index contributed by atoms with van der Waals surface area (Å²) in [5, 5.41) is 11.3. The Kier molecular flexibility index (Phi) is 5.08. The van der Waals surface area contributed by atoms with E-state index in [2.05, 4.69) is 15.7 Å². The van der Waals surface area contributed by atoms with Crippen LogP contribution in [0.25, 0.3) is 0 Å². The zero-order valence-electron chi connectivity index (χ0n) is 12.5. The van der Waals surface area contributed by atoms with E-state index < -0.39 is 0 Å². The van der Waals surface area contributed by atoms with Gasteiger partial charge < -0.3 is 10.6 Å². The fourth-order valence-electron chi connectivity index (χ4n) is 2.18. The second-order valence-corrected chi connectivity index (χ2v) is 5.95. The Morgan fingerprint density at radius 1 is 1.12 bits per heavy atom. The number of aromatic nitrogens is 2. The smallest absolute Gasteiger partial charge is 0.175 e. The minimum Gasteiger partial charge on any atom is -0.332 e. The Morgan fingerprint density at radius 3 is 2.71 bits per heavy atom. The molecular formula is C17H14ClFN4S. The molecule has 122 valence electrons. The molecule has 0 spiro atoms.